The monoisotopic (exact) mass is 430 g/mol. The Kier molecular flexibility index (Phi) is 5.61. The van der Waals surface area contributed by atoms with Crippen LogP contribution in [0.5, 0.6) is 0 Å². The highest BCUT2D eigenvalue weighted by atomic mass is 29.3. The summed E-state index contributed by atoms with van der Waals surface area (Å²) in [5.74, 6) is 0.657. The van der Waals surface area contributed by atoms with Crippen LogP contribution >= 0.6 is 0 Å². The van der Waals surface area contributed by atoms with Crippen LogP contribution < -0.4 is 0 Å². The lowest BCUT2D eigenvalue weighted by Crippen LogP contribution is -2.61. The molecule has 0 amide bonds. The van der Waals surface area contributed by atoms with Crippen LogP contribution in [0.4, 0.5) is 0 Å². The van der Waals surface area contributed by atoms with Crippen molar-refractivity contribution in [3.05, 3.63) is 82.9 Å². The third-order valence-electron chi connectivity index (χ3n) is 8.56. The van der Waals surface area contributed by atoms with Crippen molar-refractivity contribution in [1.29, 1.82) is 0 Å². The number of hydrogen-bond acceptors (Lipinski definition) is 0. The van der Waals surface area contributed by atoms with Gasteiger partial charge in [0.15, 0.2) is 0 Å². The summed E-state index contributed by atoms with van der Waals surface area (Å²) < 4.78 is 0. The van der Waals surface area contributed by atoms with Gasteiger partial charge in [-0.25, -0.2) is 0 Å². The van der Waals surface area contributed by atoms with Gasteiger partial charge in [0.25, 0.3) is 0 Å². The lowest BCUT2D eigenvalue weighted by Gasteiger charge is -2.46. The maximum Gasteiger partial charge on any atom is 0.0548 e. The van der Waals surface area contributed by atoms with E-state index in [1.807, 2.05) is 0 Å². The second-order valence-electron chi connectivity index (χ2n) is 10.7. The third kappa shape index (κ3) is 3.24. The topological polar surface area (TPSA) is 0 Å². The second-order valence-corrected chi connectivity index (χ2v) is 26.6. The maximum atomic E-state index is 2.73. The fourth-order valence-electron chi connectivity index (χ4n) is 5.96. The van der Waals surface area contributed by atoms with Crippen LogP contribution in [0.3, 0.4) is 0 Å². The molecular weight excluding hydrogens is 392 g/mol. The first-order valence-electron chi connectivity index (χ1n) is 11.8. The number of hydrogen-bond donors (Lipinski definition) is 0. The van der Waals surface area contributed by atoms with Crippen molar-refractivity contribution in [3.8, 4) is 0 Å². The van der Waals surface area contributed by atoms with Crippen molar-refractivity contribution in [3.63, 3.8) is 0 Å². The Balaban J connectivity index is 1.78. The van der Waals surface area contributed by atoms with E-state index in [0.29, 0.717) is 17.0 Å². The quantitative estimate of drug-likeness (QED) is 0.404. The van der Waals surface area contributed by atoms with E-state index in [0.717, 1.165) is 0 Å². The van der Waals surface area contributed by atoms with E-state index in [1.54, 1.807) is 22.3 Å². The van der Waals surface area contributed by atoms with Crippen molar-refractivity contribution in [2.24, 2.45) is 5.92 Å². The van der Waals surface area contributed by atoms with Crippen molar-refractivity contribution in [2.75, 3.05) is 0 Å². The Morgan fingerprint density at radius 1 is 0.767 bits per heavy atom. The molecule has 3 atom stereocenters. The zero-order valence-electron chi connectivity index (χ0n) is 19.9. The highest BCUT2D eigenvalue weighted by molar-refractivity contribution is 7.42. The second kappa shape index (κ2) is 7.80. The lowest BCUT2D eigenvalue weighted by molar-refractivity contribution is 0.650. The molecule has 0 saturated heterocycles. The van der Waals surface area contributed by atoms with Gasteiger partial charge in [-0.05, 0) is 63.7 Å². The van der Waals surface area contributed by atoms with Crippen LogP contribution in [0, 0.1) is 5.92 Å². The smallest absolute Gasteiger partial charge is 0.0548 e. The van der Waals surface area contributed by atoms with Crippen LogP contribution in [-0.2, 0) is 0 Å². The largest absolute Gasteiger partial charge is 0.0764 e. The summed E-state index contributed by atoms with van der Waals surface area (Å²) in [6, 6.07) is 18.5. The highest BCUT2D eigenvalue weighted by Gasteiger charge is 2.53. The van der Waals surface area contributed by atoms with E-state index in [4.69, 9.17) is 0 Å². The fourth-order valence-corrected chi connectivity index (χ4v) is 17.1. The third-order valence-corrected chi connectivity index (χ3v) is 27.8. The Morgan fingerprint density at radius 3 is 1.87 bits per heavy atom. The van der Waals surface area contributed by atoms with Gasteiger partial charge in [-0.2, -0.15) is 0 Å². The fraction of sp³-hybridized carbons (Fsp3) is 0.429. The van der Waals surface area contributed by atoms with E-state index in [-0.39, 0.29) is 0 Å². The zero-order chi connectivity index (χ0) is 21.7. The summed E-state index contributed by atoms with van der Waals surface area (Å²) >= 11 is 0. The molecule has 3 unspecified atom stereocenters. The normalized spacial score (nSPS) is 21.7. The van der Waals surface area contributed by atoms with Crippen molar-refractivity contribution < 1.29 is 0 Å². The molecule has 0 nitrogen and oxygen atoms in total. The first kappa shape index (κ1) is 21.6. The van der Waals surface area contributed by atoms with Crippen molar-refractivity contribution in [2.45, 2.75) is 70.9 Å². The van der Waals surface area contributed by atoms with Gasteiger partial charge in [-0.1, -0.05) is 107 Å². The predicted octanol–water partition coefficient (Wildman–Crippen LogP) is 8.38. The summed E-state index contributed by atoms with van der Waals surface area (Å²) in [7, 11) is -3.19. The molecule has 0 fully saturated rings. The number of fused-ring (bicyclic) bond motifs is 2. The van der Waals surface area contributed by atoms with Gasteiger partial charge in [0.05, 0.1) is 15.2 Å². The Labute approximate surface area is 185 Å². The van der Waals surface area contributed by atoms with Crippen LogP contribution in [0.1, 0.15) is 66.9 Å². The molecule has 0 aliphatic heterocycles. The molecule has 2 aromatic carbocycles. The Hall–Kier alpha value is -1.65. The minimum atomic E-state index is -1.60. The molecule has 0 aromatic heterocycles. The minimum absolute atomic E-state index is 0.645. The van der Waals surface area contributed by atoms with Crippen LogP contribution in [0.2, 0.25) is 26.2 Å². The maximum absolute atomic E-state index is 2.73. The highest BCUT2D eigenvalue weighted by Crippen LogP contribution is 2.51. The van der Waals surface area contributed by atoms with Crippen molar-refractivity contribution in [1.82, 2.24) is 0 Å². The number of benzene rings is 2. The van der Waals surface area contributed by atoms with Crippen molar-refractivity contribution >= 4 is 26.3 Å². The van der Waals surface area contributed by atoms with Crippen LogP contribution in [0.15, 0.2) is 60.7 Å². The van der Waals surface area contributed by atoms with E-state index >= 15 is 0 Å². The summed E-state index contributed by atoms with van der Waals surface area (Å²) in [5, 5.41) is 0. The lowest BCUT2D eigenvalue weighted by atomic mass is 9.92. The zero-order valence-corrected chi connectivity index (χ0v) is 21.9. The molecule has 2 heteroatoms. The summed E-state index contributed by atoms with van der Waals surface area (Å²) in [6.45, 7) is 17.9. The van der Waals surface area contributed by atoms with Gasteiger partial charge in [0, 0.05) is 0 Å². The average Bonchev–Trinajstić information content (AvgIpc) is 3.28. The Morgan fingerprint density at radius 2 is 1.27 bits per heavy atom. The summed E-state index contributed by atoms with van der Waals surface area (Å²) in [6.07, 6.45) is 7.89. The number of allylic oxidation sites excluding steroid dienone is 4. The predicted molar refractivity (Wildman–Crippen MR) is 139 cm³/mol. The molecule has 2 aromatic rings. The summed E-state index contributed by atoms with van der Waals surface area (Å²) in [4.78, 5) is 0. The molecule has 2 aliphatic rings. The first-order chi connectivity index (χ1) is 14.2. The molecule has 0 N–H and O–H groups in total. The standard InChI is InChI=1S/C28H38Si2/c1-8-13-20(2)26-19-28(25-17-12-10-15-23(25)26)30(6,7)29(4,5)27-18-21(3)22-14-9-11-16-24(22)27/h9-12,14-20,27-28H,8,13H2,1-7H3. The number of rotatable bonds is 6. The minimum Gasteiger partial charge on any atom is -0.0764 e. The Bertz CT molecular complexity index is 1010. The average molecular weight is 431 g/mol. The molecule has 0 saturated carbocycles. The van der Waals surface area contributed by atoms with E-state index in [1.165, 1.54) is 24.0 Å². The van der Waals surface area contributed by atoms with Gasteiger partial charge in [0.1, 0.15) is 0 Å². The van der Waals surface area contributed by atoms with Gasteiger partial charge >= 0.3 is 0 Å². The van der Waals surface area contributed by atoms with Gasteiger partial charge in [0.2, 0.25) is 0 Å². The molecule has 0 heterocycles. The van der Waals surface area contributed by atoms with E-state index in [9.17, 15) is 0 Å². The van der Waals surface area contributed by atoms with Gasteiger partial charge in [-0.15, -0.1) is 0 Å². The van der Waals surface area contributed by atoms with E-state index in [2.05, 4.69) is 108 Å². The molecule has 0 spiro atoms. The molecule has 158 valence electrons. The van der Waals surface area contributed by atoms with Gasteiger partial charge in [-0.3, -0.25) is 0 Å². The van der Waals surface area contributed by atoms with E-state index < -0.39 is 15.2 Å². The molecule has 30 heavy (non-hydrogen) atoms. The summed E-state index contributed by atoms with van der Waals surface area (Å²) in [5.41, 5.74) is 10.7. The molecule has 0 bridgehead atoms. The molecule has 2 aliphatic carbocycles. The molecule has 4 rings (SSSR count). The van der Waals surface area contributed by atoms with Crippen LogP contribution in [-0.4, -0.2) is 15.2 Å². The van der Waals surface area contributed by atoms with Crippen LogP contribution in [0.25, 0.3) is 11.1 Å². The van der Waals surface area contributed by atoms with Gasteiger partial charge < -0.3 is 0 Å². The molecular formula is C28H38Si2. The SMILES string of the molecule is CCCC(C)C1=CC([Si](C)(C)[Si](C)(C)C2C=C(C)c3ccccc32)c2ccccc21. The first-order valence-corrected chi connectivity index (χ1v) is 18.9. The molecule has 0 radical (unpaired) electrons.